The number of alkyl halides is 7. The van der Waals surface area contributed by atoms with Crippen LogP contribution in [0.15, 0.2) is 0 Å². The smallest absolute Gasteiger partial charge is 0.385 e. The summed E-state index contributed by atoms with van der Waals surface area (Å²) in [6.07, 6.45) is -16.5. The maximum atomic E-state index is 13.6. The number of hydrogen-bond donors (Lipinski definition) is 1. The van der Waals surface area contributed by atoms with Gasteiger partial charge >= 0.3 is 18.0 Å². The van der Waals surface area contributed by atoms with Gasteiger partial charge in [0.1, 0.15) is 0 Å². The molecule has 13 heteroatoms. The van der Waals surface area contributed by atoms with Gasteiger partial charge < -0.3 is 5.11 Å². The van der Waals surface area contributed by atoms with Crippen molar-refractivity contribution in [3.05, 3.63) is 34.6 Å². The molecule has 25 heavy (non-hydrogen) atoms. The summed E-state index contributed by atoms with van der Waals surface area (Å²) in [6.45, 7) is -0.156. The third-order valence-electron chi connectivity index (χ3n) is 3.23. The van der Waals surface area contributed by atoms with Crippen molar-refractivity contribution >= 4 is 0 Å². The topological polar surface area (TPSA) is 20.2 Å². The van der Waals surface area contributed by atoms with E-state index in [0.29, 0.717) is 0 Å². The Morgan fingerprint density at radius 2 is 0.920 bits per heavy atom. The molecule has 1 unspecified atom stereocenters. The maximum Gasteiger partial charge on any atom is 0.431 e. The summed E-state index contributed by atoms with van der Waals surface area (Å²) in [6, 6.07) is 0. The van der Waals surface area contributed by atoms with Crippen LogP contribution in [-0.2, 0) is 5.60 Å². The summed E-state index contributed by atoms with van der Waals surface area (Å²) < 4.78 is 154. The Morgan fingerprint density at radius 3 is 1.20 bits per heavy atom. The molecule has 0 aliphatic heterocycles. The van der Waals surface area contributed by atoms with Crippen molar-refractivity contribution < 1.29 is 57.8 Å². The summed E-state index contributed by atoms with van der Waals surface area (Å²) in [5, 5.41) is 9.57. The zero-order valence-electron chi connectivity index (χ0n) is 11.7. The second-order valence-corrected chi connectivity index (χ2v) is 5.19. The van der Waals surface area contributed by atoms with Crippen LogP contribution in [-0.4, -0.2) is 23.1 Å². The van der Waals surface area contributed by atoms with E-state index in [0.717, 1.165) is 0 Å². The molecule has 1 atom stereocenters. The first-order chi connectivity index (χ1) is 10.9. The fourth-order valence-corrected chi connectivity index (χ4v) is 2.00. The zero-order valence-corrected chi connectivity index (χ0v) is 11.7. The molecule has 1 rings (SSSR count). The minimum Gasteiger partial charge on any atom is -0.385 e. The van der Waals surface area contributed by atoms with Crippen molar-refractivity contribution in [1.29, 1.82) is 0 Å². The van der Waals surface area contributed by atoms with Crippen LogP contribution >= 0.6 is 0 Å². The third kappa shape index (κ3) is 3.37. The molecule has 0 aromatic heterocycles. The molecular formula is C12H6F12O. The molecule has 0 heterocycles. The first-order valence-corrected chi connectivity index (χ1v) is 5.95. The van der Waals surface area contributed by atoms with E-state index in [2.05, 4.69) is 0 Å². The van der Waals surface area contributed by atoms with Crippen LogP contribution in [0.25, 0.3) is 0 Å². The van der Waals surface area contributed by atoms with E-state index in [1.807, 2.05) is 0 Å². The Balaban J connectivity index is 3.64. The number of hydrogen-bond acceptors (Lipinski definition) is 1. The van der Waals surface area contributed by atoms with Gasteiger partial charge in [-0.05, 0) is 6.92 Å². The van der Waals surface area contributed by atoms with E-state index in [1.165, 1.54) is 0 Å². The van der Waals surface area contributed by atoms with Gasteiger partial charge in [-0.1, -0.05) is 0 Å². The van der Waals surface area contributed by atoms with Crippen LogP contribution in [0.5, 0.6) is 0 Å². The third-order valence-corrected chi connectivity index (χ3v) is 3.23. The SMILES string of the molecule is CC(O)(CC(F)(C(F)(F)F)C(F)(F)F)c1c(F)c(F)c(F)c(F)c1F. The minimum atomic E-state index is -6.71. The van der Waals surface area contributed by atoms with Crippen molar-refractivity contribution in [3.8, 4) is 0 Å². The van der Waals surface area contributed by atoms with E-state index >= 15 is 0 Å². The van der Waals surface area contributed by atoms with Gasteiger partial charge in [-0.15, -0.1) is 0 Å². The Labute approximate surface area is 130 Å². The summed E-state index contributed by atoms with van der Waals surface area (Å²) >= 11 is 0. The number of aliphatic hydroxyl groups is 1. The maximum absolute atomic E-state index is 13.6. The van der Waals surface area contributed by atoms with Crippen molar-refractivity contribution in [3.63, 3.8) is 0 Å². The van der Waals surface area contributed by atoms with Gasteiger partial charge in [0.05, 0.1) is 11.2 Å². The molecule has 0 aliphatic rings. The Hall–Kier alpha value is -1.66. The van der Waals surface area contributed by atoms with Crippen LogP contribution in [0.3, 0.4) is 0 Å². The predicted octanol–water partition coefficient (Wildman–Crippen LogP) is 4.81. The van der Waals surface area contributed by atoms with E-state index in [-0.39, 0.29) is 6.92 Å². The lowest BCUT2D eigenvalue weighted by molar-refractivity contribution is -0.352. The van der Waals surface area contributed by atoms with Gasteiger partial charge in [0.2, 0.25) is 5.82 Å². The van der Waals surface area contributed by atoms with E-state index in [1.54, 1.807) is 0 Å². The highest BCUT2D eigenvalue weighted by atomic mass is 19.4. The van der Waals surface area contributed by atoms with Crippen LogP contribution in [0.1, 0.15) is 18.9 Å². The fraction of sp³-hybridized carbons (Fsp3) is 0.500. The molecule has 0 radical (unpaired) electrons. The van der Waals surface area contributed by atoms with Crippen LogP contribution < -0.4 is 0 Å². The zero-order chi connectivity index (χ0) is 20.2. The predicted molar refractivity (Wildman–Crippen MR) is 56.4 cm³/mol. The lowest BCUT2D eigenvalue weighted by Crippen LogP contribution is -2.56. The first kappa shape index (κ1) is 21.4. The van der Waals surface area contributed by atoms with Gasteiger partial charge in [-0.25, -0.2) is 26.3 Å². The number of benzene rings is 1. The van der Waals surface area contributed by atoms with Gasteiger partial charge in [-0.3, -0.25) is 0 Å². The normalized spacial score (nSPS) is 16.1. The van der Waals surface area contributed by atoms with Gasteiger partial charge in [0.15, 0.2) is 23.3 Å². The van der Waals surface area contributed by atoms with Crippen molar-refractivity contribution in [1.82, 2.24) is 0 Å². The summed E-state index contributed by atoms with van der Waals surface area (Å²) in [5.41, 5.74) is -12.7. The molecule has 0 saturated heterocycles. The Morgan fingerprint density at radius 1 is 0.640 bits per heavy atom. The fourth-order valence-electron chi connectivity index (χ4n) is 2.00. The molecule has 1 N–H and O–H groups in total. The lowest BCUT2D eigenvalue weighted by Gasteiger charge is -2.36. The molecule has 0 amide bonds. The van der Waals surface area contributed by atoms with E-state index in [9.17, 15) is 57.8 Å². The molecule has 0 aliphatic carbocycles. The molecule has 1 aromatic carbocycles. The molecule has 1 nitrogen and oxygen atoms in total. The van der Waals surface area contributed by atoms with Crippen LogP contribution in [0.2, 0.25) is 0 Å². The first-order valence-electron chi connectivity index (χ1n) is 5.95. The average molecular weight is 394 g/mol. The second kappa shape index (κ2) is 5.95. The standard InChI is InChI=1S/C12H6F12O/c1-9(25,2-10(18,11(19,20)21)12(22,23)24)3-4(13)6(15)8(17)7(16)5(3)14/h25H,2H2,1H3. The number of halogens is 12. The molecule has 0 saturated carbocycles. The van der Waals surface area contributed by atoms with Gasteiger partial charge in [0, 0.05) is 6.42 Å². The van der Waals surface area contributed by atoms with Crippen molar-refractivity contribution in [2.45, 2.75) is 37.0 Å². The highest BCUT2D eigenvalue weighted by Gasteiger charge is 2.74. The van der Waals surface area contributed by atoms with Crippen LogP contribution in [0, 0.1) is 29.1 Å². The van der Waals surface area contributed by atoms with Gasteiger partial charge in [0.25, 0.3) is 0 Å². The van der Waals surface area contributed by atoms with Gasteiger partial charge in [-0.2, -0.15) is 26.3 Å². The second-order valence-electron chi connectivity index (χ2n) is 5.19. The molecule has 0 fully saturated rings. The van der Waals surface area contributed by atoms with E-state index < -0.39 is 64.7 Å². The summed E-state index contributed by atoms with van der Waals surface area (Å²) in [4.78, 5) is 0. The highest BCUT2D eigenvalue weighted by molar-refractivity contribution is 5.30. The summed E-state index contributed by atoms with van der Waals surface area (Å²) in [5.74, 6) is -14.0. The number of rotatable bonds is 3. The Bertz CT molecular complexity index is 629. The molecule has 0 spiro atoms. The molecule has 1 aromatic rings. The Kier molecular flexibility index (Phi) is 5.09. The average Bonchev–Trinajstić information content (AvgIpc) is 2.39. The monoisotopic (exact) mass is 394 g/mol. The lowest BCUT2D eigenvalue weighted by atomic mass is 9.82. The van der Waals surface area contributed by atoms with E-state index in [4.69, 9.17) is 0 Å². The van der Waals surface area contributed by atoms with Crippen molar-refractivity contribution in [2.75, 3.05) is 0 Å². The highest BCUT2D eigenvalue weighted by Crippen LogP contribution is 2.52. The molecular weight excluding hydrogens is 388 g/mol. The van der Waals surface area contributed by atoms with Crippen LogP contribution in [0.4, 0.5) is 52.7 Å². The largest absolute Gasteiger partial charge is 0.431 e. The molecule has 0 bridgehead atoms. The minimum absolute atomic E-state index is 0.156. The quantitative estimate of drug-likeness (QED) is 0.443. The van der Waals surface area contributed by atoms with Crippen molar-refractivity contribution in [2.24, 2.45) is 0 Å². The molecule has 144 valence electrons. The summed E-state index contributed by atoms with van der Waals surface area (Å²) in [7, 11) is 0.